The predicted octanol–water partition coefficient (Wildman–Crippen LogP) is 4.98. The number of unbranched alkanes of at least 4 members (excludes halogenated alkanes) is 2. The van der Waals surface area contributed by atoms with Crippen LogP contribution in [-0.4, -0.2) is 37.2 Å². The molecule has 0 fully saturated rings. The first-order valence-electron chi connectivity index (χ1n) is 12.2. The highest BCUT2D eigenvalue weighted by atomic mass is 16.5. The van der Waals surface area contributed by atoms with Gasteiger partial charge in [-0.05, 0) is 50.8 Å². The highest BCUT2D eigenvalue weighted by Crippen LogP contribution is 2.51. The van der Waals surface area contributed by atoms with Crippen molar-refractivity contribution in [3.8, 4) is 22.6 Å². The van der Waals surface area contributed by atoms with Crippen molar-refractivity contribution >= 4 is 5.91 Å². The first-order valence-corrected chi connectivity index (χ1v) is 12.2. The van der Waals surface area contributed by atoms with E-state index < -0.39 is 5.60 Å². The van der Waals surface area contributed by atoms with Crippen LogP contribution in [0.4, 0.5) is 0 Å². The van der Waals surface area contributed by atoms with Gasteiger partial charge in [-0.15, -0.1) is 10.2 Å². The number of aryl methyl sites for hydroxylation is 2. The first kappa shape index (κ1) is 22.4. The number of amides is 1. The fourth-order valence-corrected chi connectivity index (χ4v) is 5.16. The maximum atomic E-state index is 13.9. The zero-order valence-corrected chi connectivity index (χ0v) is 20.4. The Morgan fingerprint density at radius 1 is 1.21 bits per heavy atom. The molecule has 2 aliphatic heterocycles. The van der Waals surface area contributed by atoms with E-state index in [2.05, 4.69) is 35.3 Å². The lowest BCUT2D eigenvalue weighted by Gasteiger charge is -2.36. The molecule has 0 unspecified atom stereocenters. The van der Waals surface area contributed by atoms with E-state index in [0.29, 0.717) is 42.9 Å². The van der Waals surface area contributed by atoms with Gasteiger partial charge in [0.25, 0.3) is 5.91 Å². The Bertz CT molecular complexity index is 1260. The second kappa shape index (κ2) is 8.46. The van der Waals surface area contributed by atoms with E-state index >= 15 is 0 Å². The van der Waals surface area contributed by atoms with Crippen molar-refractivity contribution in [1.82, 2.24) is 19.7 Å². The molecule has 5 rings (SSSR count). The van der Waals surface area contributed by atoms with Crippen molar-refractivity contribution in [1.29, 1.82) is 0 Å². The molecule has 0 radical (unpaired) electrons. The average molecular weight is 461 g/mol. The lowest BCUT2D eigenvalue weighted by atomic mass is 9.83. The van der Waals surface area contributed by atoms with Crippen LogP contribution in [-0.2, 0) is 25.1 Å². The monoisotopic (exact) mass is 460 g/mol. The quantitative estimate of drug-likeness (QED) is 0.544. The van der Waals surface area contributed by atoms with Crippen molar-refractivity contribution in [2.75, 3.05) is 6.54 Å². The van der Waals surface area contributed by atoms with E-state index in [4.69, 9.17) is 4.74 Å². The minimum absolute atomic E-state index is 0.0170. The maximum absolute atomic E-state index is 13.9. The number of hydrogen-bond acceptors (Lipinski definition) is 5. The zero-order chi connectivity index (χ0) is 24.0. The molecule has 2 aliphatic rings. The summed E-state index contributed by atoms with van der Waals surface area (Å²) in [5, 5.41) is 19.8. The Morgan fingerprint density at radius 2 is 2.03 bits per heavy atom. The van der Waals surface area contributed by atoms with Gasteiger partial charge in [-0.3, -0.25) is 4.79 Å². The third-order valence-corrected chi connectivity index (χ3v) is 6.99. The number of ether oxygens (including phenoxy) is 1. The summed E-state index contributed by atoms with van der Waals surface area (Å²) in [6.45, 7) is 9.85. The van der Waals surface area contributed by atoms with Crippen LogP contribution in [0.25, 0.3) is 11.1 Å². The SMILES string of the molecule is CCCCCc1cc2c(c(O)c1C(=O)N1CCn3cnnc3C1)-c1cc(C)ccc1C(C)(C)O2. The van der Waals surface area contributed by atoms with Gasteiger partial charge >= 0.3 is 0 Å². The second-order valence-electron chi connectivity index (χ2n) is 9.92. The lowest BCUT2D eigenvalue weighted by Crippen LogP contribution is -2.39. The van der Waals surface area contributed by atoms with Crippen molar-refractivity contribution in [3.05, 3.63) is 58.7 Å². The molecule has 1 amide bonds. The maximum Gasteiger partial charge on any atom is 0.258 e. The van der Waals surface area contributed by atoms with Gasteiger partial charge in [-0.2, -0.15) is 0 Å². The summed E-state index contributed by atoms with van der Waals surface area (Å²) in [6.07, 6.45) is 5.50. The molecule has 3 heterocycles. The summed E-state index contributed by atoms with van der Waals surface area (Å²) < 4.78 is 8.39. The van der Waals surface area contributed by atoms with Gasteiger partial charge in [0.15, 0.2) is 5.82 Å². The number of rotatable bonds is 5. The minimum atomic E-state index is -0.536. The molecular weight excluding hydrogens is 428 g/mol. The zero-order valence-electron chi connectivity index (χ0n) is 20.4. The van der Waals surface area contributed by atoms with Crippen molar-refractivity contribution in [3.63, 3.8) is 0 Å². The van der Waals surface area contributed by atoms with Gasteiger partial charge in [0, 0.05) is 18.7 Å². The Kier molecular flexibility index (Phi) is 5.58. The van der Waals surface area contributed by atoms with Crippen molar-refractivity contribution in [2.24, 2.45) is 0 Å². The third kappa shape index (κ3) is 3.73. The van der Waals surface area contributed by atoms with Gasteiger partial charge in [0.1, 0.15) is 23.4 Å². The molecule has 7 heteroatoms. The molecule has 178 valence electrons. The van der Waals surface area contributed by atoms with Crippen LogP contribution >= 0.6 is 0 Å². The van der Waals surface area contributed by atoms with Crippen LogP contribution in [0.2, 0.25) is 0 Å². The van der Waals surface area contributed by atoms with E-state index in [1.165, 1.54) is 0 Å². The van der Waals surface area contributed by atoms with Gasteiger partial charge in [-0.1, -0.05) is 43.5 Å². The Balaban J connectivity index is 1.64. The van der Waals surface area contributed by atoms with Gasteiger partial charge in [0.05, 0.1) is 17.7 Å². The molecule has 0 saturated carbocycles. The van der Waals surface area contributed by atoms with Crippen molar-refractivity contribution < 1.29 is 14.6 Å². The largest absolute Gasteiger partial charge is 0.506 e. The van der Waals surface area contributed by atoms with E-state index in [9.17, 15) is 9.90 Å². The van der Waals surface area contributed by atoms with Crippen LogP contribution in [0, 0.1) is 6.92 Å². The fourth-order valence-electron chi connectivity index (χ4n) is 5.16. The lowest BCUT2D eigenvalue weighted by molar-refractivity contribution is 0.0702. The topological polar surface area (TPSA) is 80.5 Å². The van der Waals surface area contributed by atoms with Gasteiger partial charge < -0.3 is 19.3 Å². The normalized spacial score (nSPS) is 15.8. The number of benzene rings is 2. The highest BCUT2D eigenvalue weighted by Gasteiger charge is 2.37. The standard InChI is InChI=1S/C27H32N4O3/c1-5-6-7-8-18-14-21-24(19-13-17(2)9-10-20(19)27(3,4)34-21)25(32)23(18)26(33)30-11-12-31-16-28-29-22(31)15-30/h9-10,13-14,16,32H,5-8,11-12,15H2,1-4H3. The van der Waals surface area contributed by atoms with Crippen LogP contribution < -0.4 is 4.74 Å². The fraction of sp³-hybridized carbons (Fsp3) is 0.444. The number of phenols is 1. The van der Waals surface area contributed by atoms with Gasteiger partial charge in [-0.25, -0.2) is 0 Å². The van der Waals surface area contributed by atoms with Crippen LogP contribution in [0.15, 0.2) is 30.6 Å². The first-order chi connectivity index (χ1) is 16.3. The molecule has 0 bridgehead atoms. The molecule has 0 atom stereocenters. The summed E-state index contributed by atoms with van der Waals surface area (Å²) in [5.74, 6) is 1.25. The van der Waals surface area contributed by atoms with Crippen LogP contribution in [0.1, 0.15) is 72.9 Å². The molecule has 2 aromatic carbocycles. The molecule has 1 N–H and O–H groups in total. The number of carbonyl (C=O) groups is 1. The molecule has 0 aliphatic carbocycles. The smallest absolute Gasteiger partial charge is 0.258 e. The average Bonchev–Trinajstić information content (AvgIpc) is 3.26. The predicted molar refractivity (Wildman–Crippen MR) is 130 cm³/mol. The number of aromatic nitrogens is 3. The summed E-state index contributed by atoms with van der Waals surface area (Å²) in [7, 11) is 0. The van der Waals surface area contributed by atoms with Gasteiger partial charge in [0.2, 0.25) is 0 Å². The number of fused-ring (bicyclic) bond motifs is 4. The molecule has 3 aromatic rings. The Labute approximate surface area is 200 Å². The number of carbonyl (C=O) groups excluding carboxylic acids is 1. The van der Waals surface area contributed by atoms with Crippen molar-refractivity contribution in [2.45, 2.75) is 72.1 Å². The molecule has 0 saturated heterocycles. The number of hydrogen-bond donors (Lipinski definition) is 1. The summed E-state index contributed by atoms with van der Waals surface area (Å²) >= 11 is 0. The second-order valence-corrected chi connectivity index (χ2v) is 9.92. The van der Waals surface area contributed by atoms with E-state index in [1.807, 2.05) is 31.4 Å². The minimum Gasteiger partial charge on any atom is -0.506 e. The van der Waals surface area contributed by atoms with Crippen LogP contribution in [0.5, 0.6) is 11.5 Å². The highest BCUT2D eigenvalue weighted by molar-refractivity contribution is 6.02. The van der Waals surface area contributed by atoms with E-state index in [-0.39, 0.29) is 11.7 Å². The summed E-state index contributed by atoms with van der Waals surface area (Å²) in [5.41, 5.74) is 4.33. The van der Waals surface area contributed by atoms with E-state index in [1.54, 1.807) is 11.2 Å². The van der Waals surface area contributed by atoms with Crippen LogP contribution in [0.3, 0.4) is 0 Å². The summed E-state index contributed by atoms with van der Waals surface area (Å²) in [4.78, 5) is 15.6. The molecule has 34 heavy (non-hydrogen) atoms. The molecule has 1 aromatic heterocycles. The number of nitrogens with zero attached hydrogens (tertiary/aromatic N) is 4. The number of phenolic OH excluding ortho intramolecular Hbond substituents is 1. The van der Waals surface area contributed by atoms with E-state index in [0.717, 1.165) is 47.3 Å². The Morgan fingerprint density at radius 3 is 2.82 bits per heavy atom. The molecule has 0 spiro atoms. The summed E-state index contributed by atoms with van der Waals surface area (Å²) in [6, 6.07) is 8.17. The molecular formula is C27H32N4O3. The third-order valence-electron chi connectivity index (χ3n) is 6.99. The Hall–Kier alpha value is -3.35. The molecule has 7 nitrogen and oxygen atoms in total. The number of aromatic hydroxyl groups is 1.